The van der Waals surface area contributed by atoms with Gasteiger partial charge in [0.15, 0.2) is 0 Å². The van der Waals surface area contributed by atoms with E-state index in [4.69, 9.17) is 34.8 Å². The molecule has 1 amide bonds. The lowest BCUT2D eigenvalue weighted by Crippen LogP contribution is -2.31. The van der Waals surface area contributed by atoms with Gasteiger partial charge in [-0.1, -0.05) is 40.9 Å². The molecule has 0 aromatic heterocycles. The van der Waals surface area contributed by atoms with Gasteiger partial charge in [-0.25, -0.2) is 8.78 Å². The van der Waals surface area contributed by atoms with Crippen LogP contribution in [0.3, 0.4) is 0 Å². The zero-order chi connectivity index (χ0) is 28.1. The Bertz CT molecular complexity index is 1130. The Morgan fingerprint density at radius 3 is 2.14 bits per heavy atom. The Balaban J connectivity index is 2.44. The van der Waals surface area contributed by atoms with Gasteiger partial charge in [0.25, 0.3) is 5.91 Å². The summed E-state index contributed by atoms with van der Waals surface area (Å²) in [7, 11) is 0. The third-order valence-electron chi connectivity index (χ3n) is 4.80. The van der Waals surface area contributed by atoms with Crippen molar-refractivity contribution in [3.05, 3.63) is 73.7 Å². The second kappa shape index (κ2) is 12.9. The second-order valence-electron chi connectivity index (χ2n) is 7.38. The molecule has 0 spiro atoms. The lowest BCUT2D eigenvalue weighted by molar-refractivity contribution is -0.140. The molecule has 3 nitrogen and oxygen atoms in total. The Hall–Kier alpha value is -1.73. The van der Waals surface area contributed by atoms with Crippen molar-refractivity contribution >= 4 is 57.7 Å². The van der Waals surface area contributed by atoms with Crippen LogP contribution in [-0.2, 0) is 17.4 Å². The predicted octanol–water partition coefficient (Wildman–Crippen LogP) is 7.77. The molecule has 1 N–H and O–H groups in total. The lowest BCUT2D eigenvalue weighted by atomic mass is 9.95. The fraction of sp³-hybridized carbons (Fsp3) is 0.318. The summed E-state index contributed by atoms with van der Waals surface area (Å²) in [6.07, 6.45) is -10.2. The van der Waals surface area contributed by atoms with Gasteiger partial charge in [0, 0.05) is 5.56 Å². The molecule has 0 aliphatic carbocycles. The highest BCUT2D eigenvalue weighted by molar-refractivity contribution is 7.91. The van der Waals surface area contributed by atoms with Gasteiger partial charge in [-0.3, -0.25) is 4.79 Å². The van der Waals surface area contributed by atoms with Crippen LogP contribution in [0.1, 0.15) is 33.0 Å². The van der Waals surface area contributed by atoms with Crippen molar-refractivity contribution in [2.45, 2.75) is 18.3 Å². The monoisotopic (exact) mass is 615 g/mol. The molecule has 0 aliphatic heterocycles. The smallest absolute Gasteiger partial charge is 0.417 e. The average Bonchev–Trinajstić information content (AvgIpc) is 2.78. The Labute approximate surface area is 223 Å². The second-order valence-corrected chi connectivity index (χ2v) is 10.3. The van der Waals surface area contributed by atoms with E-state index in [0.717, 1.165) is 12.1 Å². The zero-order valence-electron chi connectivity index (χ0n) is 18.3. The molecule has 2 unspecified atom stereocenters. The van der Waals surface area contributed by atoms with E-state index in [-0.39, 0.29) is 45.3 Å². The number of hydrogen-bond acceptors (Lipinski definition) is 2. The minimum atomic E-state index is -5.18. The highest BCUT2D eigenvalue weighted by Gasteiger charge is 2.41. The highest BCUT2D eigenvalue weighted by atomic mass is 35.5. The first-order chi connectivity index (χ1) is 17.1. The minimum Gasteiger partial charge on any atom is -0.616 e. The predicted molar refractivity (Wildman–Crippen MR) is 127 cm³/mol. The largest absolute Gasteiger partial charge is 0.616 e. The van der Waals surface area contributed by atoms with Crippen molar-refractivity contribution in [3.63, 3.8) is 0 Å². The summed E-state index contributed by atoms with van der Waals surface area (Å²) in [5.74, 6) is -6.09. The van der Waals surface area contributed by atoms with Crippen LogP contribution in [0.15, 0.2) is 36.4 Å². The van der Waals surface area contributed by atoms with Gasteiger partial charge in [-0.05, 0) is 47.1 Å². The van der Waals surface area contributed by atoms with Crippen molar-refractivity contribution in [1.29, 1.82) is 0 Å². The van der Waals surface area contributed by atoms with Gasteiger partial charge in [0.1, 0.15) is 29.9 Å². The molecule has 0 heterocycles. The summed E-state index contributed by atoms with van der Waals surface area (Å²) >= 11 is 15.6. The number of allylic oxidation sites excluding steroid dienone is 1. The molecule has 0 saturated heterocycles. The maximum absolute atomic E-state index is 14.9. The van der Waals surface area contributed by atoms with Gasteiger partial charge >= 0.3 is 12.4 Å². The number of hydrogen-bond donors (Lipinski definition) is 1. The van der Waals surface area contributed by atoms with E-state index in [0.29, 0.717) is 12.1 Å². The van der Waals surface area contributed by atoms with Crippen molar-refractivity contribution in [1.82, 2.24) is 5.32 Å². The SMILES string of the molecule is O=C(NCC[S+]([O-])CCF)c1ccc(C(F)=CC(c2cc(Cl)c(Cl)c(Cl)c2)C(F)(F)F)cc1C(F)(F)F. The van der Waals surface area contributed by atoms with E-state index in [2.05, 4.69) is 5.32 Å². The topological polar surface area (TPSA) is 52.2 Å². The number of carbonyl (C=O) groups excluding carboxylic acids is 1. The third-order valence-corrected chi connectivity index (χ3v) is 7.26. The fourth-order valence-electron chi connectivity index (χ4n) is 3.06. The zero-order valence-corrected chi connectivity index (χ0v) is 21.3. The first-order valence-corrected chi connectivity index (χ1v) is 12.7. The van der Waals surface area contributed by atoms with Crippen LogP contribution in [-0.4, -0.2) is 41.4 Å². The summed E-state index contributed by atoms with van der Waals surface area (Å²) in [6, 6.07) is 3.08. The first kappa shape index (κ1) is 31.5. The van der Waals surface area contributed by atoms with Crippen LogP contribution in [0.25, 0.3) is 5.83 Å². The normalized spacial score (nSPS) is 14.4. The molecule has 0 aliphatic rings. The Kier molecular flexibility index (Phi) is 11.0. The molecule has 0 fully saturated rings. The molecule has 15 heteroatoms. The summed E-state index contributed by atoms with van der Waals surface area (Å²) < 4.78 is 120. The molecule has 204 valence electrons. The summed E-state index contributed by atoms with van der Waals surface area (Å²) in [6.45, 7) is -1.22. The number of halogens is 11. The molecule has 0 bridgehead atoms. The number of nitrogens with one attached hydrogen (secondary N) is 1. The summed E-state index contributed by atoms with van der Waals surface area (Å²) in [4.78, 5) is 12.2. The lowest BCUT2D eigenvalue weighted by Gasteiger charge is -2.19. The maximum atomic E-state index is 14.9. The van der Waals surface area contributed by atoms with E-state index >= 15 is 0 Å². The van der Waals surface area contributed by atoms with E-state index in [1.807, 2.05) is 0 Å². The molecule has 2 atom stereocenters. The minimum absolute atomic E-state index is 0.0469. The van der Waals surface area contributed by atoms with Crippen molar-refractivity contribution < 1.29 is 44.5 Å². The van der Waals surface area contributed by atoms with Crippen LogP contribution < -0.4 is 5.32 Å². The van der Waals surface area contributed by atoms with Crippen LogP contribution in [0.4, 0.5) is 35.1 Å². The molecular formula is C22H16Cl3F8NO2S. The van der Waals surface area contributed by atoms with Crippen molar-refractivity contribution in [2.24, 2.45) is 0 Å². The van der Waals surface area contributed by atoms with Gasteiger partial charge in [0.2, 0.25) is 0 Å². The Morgan fingerprint density at radius 2 is 1.62 bits per heavy atom. The number of carbonyl (C=O) groups is 1. The van der Waals surface area contributed by atoms with Gasteiger partial charge in [0.05, 0.1) is 32.7 Å². The number of alkyl halides is 7. The third kappa shape index (κ3) is 8.64. The average molecular weight is 617 g/mol. The number of rotatable bonds is 9. The van der Waals surface area contributed by atoms with E-state index < -0.39 is 70.1 Å². The van der Waals surface area contributed by atoms with Crippen molar-refractivity contribution in [3.8, 4) is 0 Å². The molecule has 37 heavy (non-hydrogen) atoms. The van der Waals surface area contributed by atoms with Gasteiger partial charge < -0.3 is 9.87 Å². The van der Waals surface area contributed by atoms with Crippen LogP contribution in [0.5, 0.6) is 0 Å². The number of amides is 1. The van der Waals surface area contributed by atoms with Crippen LogP contribution in [0, 0.1) is 0 Å². The quantitative estimate of drug-likeness (QED) is 0.178. The van der Waals surface area contributed by atoms with E-state index in [1.54, 1.807) is 0 Å². The maximum Gasteiger partial charge on any atom is 0.417 e. The fourth-order valence-corrected chi connectivity index (χ4v) is 4.38. The standard InChI is InChI=1S/C22H16Cl3F8NO2S/c23-16-8-12(9-17(24)19(16)25)14(21(28,29)30)10-18(27)11-1-2-13(15(7-11)22(31,32)33)20(35)34-4-6-37(36)5-3-26/h1-2,7-10,14H,3-6H2,(H,34,35). The molecule has 2 aromatic rings. The van der Waals surface area contributed by atoms with Crippen LogP contribution in [0.2, 0.25) is 15.1 Å². The van der Waals surface area contributed by atoms with E-state index in [1.165, 1.54) is 0 Å². The molecule has 0 radical (unpaired) electrons. The Morgan fingerprint density at radius 1 is 1.03 bits per heavy atom. The van der Waals surface area contributed by atoms with Gasteiger partial charge in [-0.15, -0.1) is 0 Å². The van der Waals surface area contributed by atoms with Gasteiger partial charge in [-0.2, -0.15) is 26.3 Å². The molecule has 2 aromatic carbocycles. The highest BCUT2D eigenvalue weighted by Crippen LogP contribution is 2.42. The summed E-state index contributed by atoms with van der Waals surface area (Å²) in [5.41, 5.74) is -4.05. The van der Waals surface area contributed by atoms with Crippen molar-refractivity contribution in [2.75, 3.05) is 24.7 Å². The first-order valence-electron chi connectivity index (χ1n) is 10.1. The molecule has 2 rings (SSSR count). The number of benzene rings is 2. The molecular weight excluding hydrogens is 601 g/mol. The van der Waals surface area contributed by atoms with E-state index in [9.17, 15) is 44.5 Å². The summed E-state index contributed by atoms with van der Waals surface area (Å²) in [5, 5.41) is 1.15. The van der Waals surface area contributed by atoms with Crippen LogP contribution >= 0.6 is 34.8 Å². The molecule has 0 saturated carbocycles.